The van der Waals surface area contributed by atoms with Crippen molar-refractivity contribution in [3.8, 4) is 5.75 Å². The standard InChI is InChI=1S/C11H14N2O/c14-7-1-2-10-8(5-7)9-6-12-4-3-11(9)13-10/h1-2,5,9,11-14H,3-4,6H2. The van der Waals surface area contributed by atoms with E-state index in [0.717, 1.165) is 13.1 Å². The van der Waals surface area contributed by atoms with Gasteiger partial charge in [0.25, 0.3) is 0 Å². The van der Waals surface area contributed by atoms with Gasteiger partial charge >= 0.3 is 0 Å². The van der Waals surface area contributed by atoms with Gasteiger partial charge in [-0.05, 0) is 36.7 Å². The average Bonchev–Trinajstić information content (AvgIpc) is 2.56. The summed E-state index contributed by atoms with van der Waals surface area (Å²) >= 11 is 0. The Labute approximate surface area is 83.1 Å². The van der Waals surface area contributed by atoms with Gasteiger partial charge in [-0.2, -0.15) is 0 Å². The van der Waals surface area contributed by atoms with Gasteiger partial charge in [0.1, 0.15) is 5.75 Å². The highest BCUT2D eigenvalue weighted by Crippen LogP contribution is 2.39. The quantitative estimate of drug-likeness (QED) is 0.540. The minimum atomic E-state index is 0.372. The molecule has 0 aliphatic carbocycles. The second-order valence-corrected chi connectivity index (χ2v) is 4.12. The molecule has 3 heteroatoms. The second-order valence-electron chi connectivity index (χ2n) is 4.12. The Balaban J connectivity index is 2.02. The van der Waals surface area contributed by atoms with Crippen LogP contribution in [-0.2, 0) is 0 Å². The average molecular weight is 190 g/mol. The van der Waals surface area contributed by atoms with Gasteiger partial charge in [-0.3, -0.25) is 0 Å². The van der Waals surface area contributed by atoms with Crippen LogP contribution in [0.3, 0.4) is 0 Å². The summed E-state index contributed by atoms with van der Waals surface area (Å²) in [6.07, 6.45) is 1.17. The Kier molecular flexibility index (Phi) is 1.67. The maximum atomic E-state index is 9.44. The predicted octanol–water partition coefficient (Wildman–Crippen LogP) is 1.26. The first-order chi connectivity index (χ1) is 6.84. The molecule has 2 aliphatic heterocycles. The van der Waals surface area contributed by atoms with E-state index in [1.165, 1.54) is 17.7 Å². The number of aromatic hydroxyl groups is 1. The maximum absolute atomic E-state index is 9.44. The Bertz CT molecular complexity index is 364. The molecule has 1 saturated heterocycles. The van der Waals surface area contributed by atoms with Crippen molar-refractivity contribution in [3.05, 3.63) is 23.8 Å². The van der Waals surface area contributed by atoms with E-state index < -0.39 is 0 Å². The number of phenols is 1. The first kappa shape index (κ1) is 8.12. The molecular formula is C11H14N2O. The van der Waals surface area contributed by atoms with E-state index in [1.807, 2.05) is 12.1 Å². The van der Waals surface area contributed by atoms with Gasteiger partial charge in [0.2, 0.25) is 0 Å². The van der Waals surface area contributed by atoms with Crippen LogP contribution in [0.2, 0.25) is 0 Å². The monoisotopic (exact) mass is 190 g/mol. The third-order valence-electron chi connectivity index (χ3n) is 3.26. The van der Waals surface area contributed by atoms with Crippen molar-refractivity contribution >= 4 is 5.69 Å². The van der Waals surface area contributed by atoms with Crippen LogP contribution in [0.1, 0.15) is 17.9 Å². The molecule has 2 aliphatic rings. The molecule has 1 fully saturated rings. The van der Waals surface area contributed by atoms with Gasteiger partial charge < -0.3 is 15.7 Å². The lowest BCUT2D eigenvalue weighted by Crippen LogP contribution is -2.38. The summed E-state index contributed by atoms with van der Waals surface area (Å²) in [5, 5.41) is 16.3. The zero-order valence-electron chi connectivity index (χ0n) is 7.96. The van der Waals surface area contributed by atoms with E-state index in [1.54, 1.807) is 6.07 Å². The molecule has 0 aromatic heterocycles. The minimum Gasteiger partial charge on any atom is -0.508 e. The number of phenolic OH excluding ortho intramolecular Hbond substituents is 1. The third kappa shape index (κ3) is 1.09. The Morgan fingerprint density at radius 3 is 3.21 bits per heavy atom. The topological polar surface area (TPSA) is 44.3 Å². The molecule has 0 bridgehead atoms. The highest BCUT2D eigenvalue weighted by atomic mass is 16.3. The molecule has 1 aromatic rings. The SMILES string of the molecule is Oc1ccc2c(c1)C1CNCCC1N2. The highest BCUT2D eigenvalue weighted by molar-refractivity contribution is 5.61. The van der Waals surface area contributed by atoms with Crippen molar-refractivity contribution in [2.24, 2.45) is 0 Å². The van der Waals surface area contributed by atoms with Crippen LogP contribution >= 0.6 is 0 Å². The summed E-state index contributed by atoms with van der Waals surface area (Å²) < 4.78 is 0. The zero-order chi connectivity index (χ0) is 9.54. The fourth-order valence-electron chi connectivity index (χ4n) is 2.55. The van der Waals surface area contributed by atoms with E-state index >= 15 is 0 Å². The largest absolute Gasteiger partial charge is 0.508 e. The predicted molar refractivity (Wildman–Crippen MR) is 55.7 cm³/mol. The van der Waals surface area contributed by atoms with Crippen molar-refractivity contribution in [2.45, 2.75) is 18.4 Å². The number of benzene rings is 1. The fourth-order valence-corrected chi connectivity index (χ4v) is 2.55. The Morgan fingerprint density at radius 1 is 1.36 bits per heavy atom. The molecule has 0 spiro atoms. The summed E-state index contributed by atoms with van der Waals surface area (Å²) in [6.45, 7) is 2.11. The van der Waals surface area contributed by atoms with E-state index in [4.69, 9.17) is 0 Å². The van der Waals surface area contributed by atoms with Crippen molar-refractivity contribution in [1.29, 1.82) is 0 Å². The number of hydrogen-bond donors (Lipinski definition) is 3. The first-order valence-corrected chi connectivity index (χ1v) is 5.15. The molecule has 2 unspecified atom stereocenters. The van der Waals surface area contributed by atoms with Crippen molar-refractivity contribution < 1.29 is 5.11 Å². The Hall–Kier alpha value is -1.22. The van der Waals surface area contributed by atoms with E-state index in [0.29, 0.717) is 17.7 Å². The molecule has 2 atom stereocenters. The number of hydrogen-bond acceptors (Lipinski definition) is 3. The summed E-state index contributed by atoms with van der Waals surface area (Å²) in [6, 6.07) is 6.17. The summed E-state index contributed by atoms with van der Waals surface area (Å²) in [5.41, 5.74) is 2.46. The first-order valence-electron chi connectivity index (χ1n) is 5.15. The summed E-state index contributed by atoms with van der Waals surface area (Å²) in [7, 11) is 0. The highest BCUT2D eigenvalue weighted by Gasteiger charge is 2.33. The van der Waals surface area contributed by atoms with Crippen LogP contribution in [0, 0.1) is 0 Å². The molecule has 3 rings (SSSR count). The molecule has 0 amide bonds. The molecule has 2 heterocycles. The lowest BCUT2D eigenvalue weighted by molar-refractivity contribution is 0.437. The normalized spacial score (nSPS) is 29.1. The summed E-state index contributed by atoms with van der Waals surface area (Å²) in [5.74, 6) is 0.905. The molecule has 1 aromatic carbocycles. The van der Waals surface area contributed by atoms with Gasteiger partial charge in [-0.15, -0.1) is 0 Å². The molecule has 0 saturated carbocycles. The van der Waals surface area contributed by atoms with Crippen LogP contribution in [0.5, 0.6) is 5.75 Å². The lowest BCUT2D eigenvalue weighted by atomic mass is 9.90. The smallest absolute Gasteiger partial charge is 0.116 e. The van der Waals surface area contributed by atoms with Gasteiger partial charge in [0.05, 0.1) is 0 Å². The maximum Gasteiger partial charge on any atom is 0.116 e. The zero-order valence-corrected chi connectivity index (χ0v) is 7.96. The molecule has 74 valence electrons. The van der Waals surface area contributed by atoms with Crippen LogP contribution in [0.15, 0.2) is 18.2 Å². The summed E-state index contributed by atoms with van der Waals surface area (Å²) in [4.78, 5) is 0. The van der Waals surface area contributed by atoms with Crippen LogP contribution < -0.4 is 10.6 Å². The Morgan fingerprint density at radius 2 is 2.29 bits per heavy atom. The van der Waals surface area contributed by atoms with Crippen LogP contribution in [0.25, 0.3) is 0 Å². The number of nitrogens with one attached hydrogen (secondary N) is 2. The number of anilines is 1. The molecule has 3 nitrogen and oxygen atoms in total. The van der Waals surface area contributed by atoms with Crippen molar-refractivity contribution in [1.82, 2.24) is 5.32 Å². The molecule has 3 N–H and O–H groups in total. The van der Waals surface area contributed by atoms with Gasteiger partial charge in [0.15, 0.2) is 0 Å². The minimum absolute atomic E-state index is 0.372. The second kappa shape index (κ2) is 2.89. The van der Waals surface area contributed by atoms with Crippen molar-refractivity contribution in [3.63, 3.8) is 0 Å². The van der Waals surface area contributed by atoms with Gasteiger partial charge in [-0.1, -0.05) is 0 Å². The van der Waals surface area contributed by atoms with Gasteiger partial charge in [-0.25, -0.2) is 0 Å². The molecule has 14 heavy (non-hydrogen) atoms. The van der Waals surface area contributed by atoms with E-state index in [9.17, 15) is 5.11 Å². The number of piperidine rings is 1. The van der Waals surface area contributed by atoms with Crippen LogP contribution in [-0.4, -0.2) is 24.2 Å². The number of fused-ring (bicyclic) bond motifs is 3. The lowest BCUT2D eigenvalue weighted by Gasteiger charge is -2.26. The van der Waals surface area contributed by atoms with Gasteiger partial charge in [0, 0.05) is 24.2 Å². The van der Waals surface area contributed by atoms with Crippen LogP contribution in [0.4, 0.5) is 5.69 Å². The van der Waals surface area contributed by atoms with Crippen molar-refractivity contribution in [2.75, 3.05) is 18.4 Å². The molecular weight excluding hydrogens is 176 g/mol. The molecule has 0 radical (unpaired) electrons. The third-order valence-corrected chi connectivity index (χ3v) is 3.26. The van der Waals surface area contributed by atoms with E-state index in [-0.39, 0.29) is 0 Å². The van der Waals surface area contributed by atoms with E-state index in [2.05, 4.69) is 10.6 Å². The number of rotatable bonds is 0. The fraction of sp³-hybridized carbons (Fsp3) is 0.455.